The topological polar surface area (TPSA) is 27.7 Å². The Morgan fingerprint density at radius 3 is 2.20 bits per heavy atom. The van der Waals surface area contributed by atoms with Crippen molar-refractivity contribution in [1.29, 1.82) is 0 Å². The van der Waals surface area contributed by atoms with Crippen LogP contribution in [0.1, 0.15) is 12.5 Å². The van der Waals surface area contributed by atoms with E-state index in [-0.39, 0.29) is 12.4 Å². The first-order valence-corrected chi connectivity index (χ1v) is 4.99. The van der Waals surface area contributed by atoms with Crippen molar-refractivity contribution in [3.8, 4) is 0 Å². The van der Waals surface area contributed by atoms with Gasteiger partial charge in [0.2, 0.25) is 0 Å². The molecule has 0 N–H and O–H groups in total. The second-order valence-corrected chi connectivity index (χ2v) is 3.34. The molecule has 1 aromatic rings. The molecule has 3 heteroatoms. The summed E-state index contributed by atoms with van der Waals surface area (Å²) in [4.78, 5) is 0. The van der Waals surface area contributed by atoms with Gasteiger partial charge in [0.15, 0.2) is 6.29 Å². The zero-order valence-electron chi connectivity index (χ0n) is 9.47. The monoisotopic (exact) mass is 210 g/mol. The molecule has 3 nitrogen and oxygen atoms in total. The van der Waals surface area contributed by atoms with Crippen molar-refractivity contribution in [2.75, 3.05) is 14.2 Å². The van der Waals surface area contributed by atoms with E-state index in [1.807, 2.05) is 37.3 Å². The van der Waals surface area contributed by atoms with Gasteiger partial charge in [-0.25, -0.2) is 0 Å². The molecule has 0 heterocycles. The van der Waals surface area contributed by atoms with E-state index in [9.17, 15) is 0 Å². The fraction of sp³-hybridized carbons (Fsp3) is 0.500. The number of ether oxygens (including phenoxy) is 3. The van der Waals surface area contributed by atoms with E-state index in [0.29, 0.717) is 6.61 Å². The largest absolute Gasteiger partial charge is 0.369 e. The summed E-state index contributed by atoms with van der Waals surface area (Å²) in [5.41, 5.74) is 1.15. The maximum absolute atomic E-state index is 5.62. The second kappa shape index (κ2) is 6.56. The minimum absolute atomic E-state index is 0.0831. The smallest absolute Gasteiger partial charge is 0.182 e. The van der Waals surface area contributed by atoms with E-state index >= 15 is 0 Å². The standard InChI is InChI=1S/C12H18O3/c1-10(12(13-2)14-3)15-9-11-7-5-4-6-8-11/h4-8,10,12H,9H2,1-3H3. The fourth-order valence-corrected chi connectivity index (χ4v) is 1.36. The molecule has 1 unspecified atom stereocenters. The molecule has 0 saturated carbocycles. The molecular formula is C12H18O3. The molecule has 1 atom stereocenters. The second-order valence-electron chi connectivity index (χ2n) is 3.34. The van der Waals surface area contributed by atoms with Crippen LogP contribution < -0.4 is 0 Å². The summed E-state index contributed by atoms with van der Waals surface area (Å²) in [7, 11) is 3.22. The van der Waals surface area contributed by atoms with E-state index in [2.05, 4.69) is 0 Å². The summed E-state index contributed by atoms with van der Waals surface area (Å²) in [6.07, 6.45) is -0.395. The van der Waals surface area contributed by atoms with Crippen LogP contribution in [0.3, 0.4) is 0 Å². The molecule has 0 bridgehead atoms. The normalized spacial score (nSPS) is 13.1. The minimum Gasteiger partial charge on any atom is -0.369 e. The number of hydrogen-bond donors (Lipinski definition) is 0. The van der Waals surface area contributed by atoms with Gasteiger partial charge in [0.1, 0.15) is 6.10 Å². The van der Waals surface area contributed by atoms with Crippen LogP contribution in [0.5, 0.6) is 0 Å². The molecule has 0 radical (unpaired) electrons. The Balaban J connectivity index is 2.36. The van der Waals surface area contributed by atoms with Gasteiger partial charge in [0, 0.05) is 14.2 Å². The van der Waals surface area contributed by atoms with Crippen molar-refractivity contribution in [2.24, 2.45) is 0 Å². The van der Waals surface area contributed by atoms with Crippen molar-refractivity contribution in [3.05, 3.63) is 35.9 Å². The average molecular weight is 210 g/mol. The molecular weight excluding hydrogens is 192 g/mol. The lowest BCUT2D eigenvalue weighted by Crippen LogP contribution is -2.29. The Labute approximate surface area is 91.0 Å². The van der Waals surface area contributed by atoms with Gasteiger partial charge in [-0.1, -0.05) is 30.3 Å². The molecule has 0 aliphatic rings. The first-order valence-electron chi connectivity index (χ1n) is 4.99. The fourth-order valence-electron chi connectivity index (χ4n) is 1.36. The third-order valence-corrected chi connectivity index (χ3v) is 2.20. The Morgan fingerprint density at radius 1 is 1.07 bits per heavy atom. The van der Waals surface area contributed by atoms with E-state index in [1.54, 1.807) is 14.2 Å². The Kier molecular flexibility index (Phi) is 5.32. The highest BCUT2D eigenvalue weighted by molar-refractivity contribution is 5.13. The number of rotatable bonds is 6. The molecule has 0 amide bonds. The van der Waals surface area contributed by atoms with Crippen molar-refractivity contribution in [1.82, 2.24) is 0 Å². The van der Waals surface area contributed by atoms with E-state index in [0.717, 1.165) is 5.56 Å². The molecule has 0 saturated heterocycles. The van der Waals surface area contributed by atoms with Gasteiger partial charge >= 0.3 is 0 Å². The van der Waals surface area contributed by atoms with Crippen molar-refractivity contribution in [2.45, 2.75) is 25.9 Å². The summed E-state index contributed by atoms with van der Waals surface area (Å²) in [6, 6.07) is 10.0. The zero-order chi connectivity index (χ0) is 11.1. The van der Waals surface area contributed by atoms with Crippen LogP contribution in [-0.4, -0.2) is 26.6 Å². The molecule has 1 aromatic carbocycles. The molecule has 0 spiro atoms. The SMILES string of the molecule is COC(OC)C(C)OCc1ccccc1. The highest BCUT2D eigenvalue weighted by atomic mass is 16.7. The van der Waals surface area contributed by atoms with Gasteiger partial charge in [0.05, 0.1) is 6.61 Å². The van der Waals surface area contributed by atoms with E-state index in [4.69, 9.17) is 14.2 Å². The molecule has 0 fully saturated rings. The zero-order valence-corrected chi connectivity index (χ0v) is 9.47. The highest BCUT2D eigenvalue weighted by Crippen LogP contribution is 2.08. The quantitative estimate of drug-likeness (QED) is 0.674. The summed E-state index contributed by atoms with van der Waals surface area (Å²) < 4.78 is 15.8. The molecule has 84 valence electrons. The van der Waals surface area contributed by atoms with Gasteiger partial charge in [-0.05, 0) is 12.5 Å². The molecule has 15 heavy (non-hydrogen) atoms. The predicted octanol–water partition coefficient (Wildman–Crippen LogP) is 2.21. The van der Waals surface area contributed by atoms with Crippen LogP contribution >= 0.6 is 0 Å². The van der Waals surface area contributed by atoms with Gasteiger partial charge in [-0.3, -0.25) is 0 Å². The van der Waals surface area contributed by atoms with Crippen LogP contribution in [-0.2, 0) is 20.8 Å². The predicted molar refractivity (Wildman–Crippen MR) is 58.5 cm³/mol. The van der Waals surface area contributed by atoms with Crippen LogP contribution in [0, 0.1) is 0 Å². The highest BCUT2D eigenvalue weighted by Gasteiger charge is 2.15. The van der Waals surface area contributed by atoms with Gasteiger partial charge in [-0.15, -0.1) is 0 Å². The van der Waals surface area contributed by atoms with Gasteiger partial charge < -0.3 is 14.2 Å². The van der Waals surface area contributed by atoms with E-state index < -0.39 is 0 Å². The van der Waals surface area contributed by atoms with E-state index in [1.165, 1.54) is 0 Å². The van der Waals surface area contributed by atoms with Gasteiger partial charge in [-0.2, -0.15) is 0 Å². The number of methoxy groups -OCH3 is 2. The molecule has 0 aliphatic carbocycles. The summed E-state index contributed by atoms with van der Waals surface area (Å²) in [5, 5.41) is 0. The number of benzene rings is 1. The van der Waals surface area contributed by atoms with Crippen LogP contribution in [0.4, 0.5) is 0 Å². The summed E-state index contributed by atoms with van der Waals surface area (Å²) in [6.45, 7) is 2.51. The first-order chi connectivity index (χ1) is 7.27. The average Bonchev–Trinajstić information content (AvgIpc) is 2.29. The van der Waals surface area contributed by atoms with Crippen molar-refractivity contribution in [3.63, 3.8) is 0 Å². The maximum atomic E-state index is 5.62. The van der Waals surface area contributed by atoms with Gasteiger partial charge in [0.25, 0.3) is 0 Å². The lowest BCUT2D eigenvalue weighted by atomic mass is 10.2. The van der Waals surface area contributed by atoms with Crippen LogP contribution in [0.2, 0.25) is 0 Å². The minimum atomic E-state index is -0.311. The third kappa shape index (κ3) is 4.00. The first kappa shape index (κ1) is 12.2. The lowest BCUT2D eigenvalue weighted by Gasteiger charge is -2.21. The molecule has 1 rings (SSSR count). The van der Waals surface area contributed by atoms with Crippen molar-refractivity contribution < 1.29 is 14.2 Å². The third-order valence-electron chi connectivity index (χ3n) is 2.20. The lowest BCUT2D eigenvalue weighted by molar-refractivity contribution is -0.178. The Morgan fingerprint density at radius 2 is 1.67 bits per heavy atom. The Hall–Kier alpha value is -0.900. The summed E-state index contributed by atoms with van der Waals surface area (Å²) in [5.74, 6) is 0. The number of hydrogen-bond acceptors (Lipinski definition) is 3. The Bertz CT molecular complexity index is 257. The van der Waals surface area contributed by atoms with Crippen LogP contribution in [0.15, 0.2) is 30.3 Å². The molecule has 0 aromatic heterocycles. The van der Waals surface area contributed by atoms with Crippen molar-refractivity contribution >= 4 is 0 Å². The maximum Gasteiger partial charge on any atom is 0.182 e. The summed E-state index contributed by atoms with van der Waals surface area (Å²) >= 11 is 0. The molecule has 0 aliphatic heterocycles. The van der Waals surface area contributed by atoms with Crippen LogP contribution in [0.25, 0.3) is 0 Å².